The van der Waals surface area contributed by atoms with Gasteiger partial charge < -0.3 is 4.90 Å². The molecule has 0 bridgehead atoms. The van der Waals surface area contributed by atoms with Crippen LogP contribution in [0.15, 0.2) is 42.7 Å². The van der Waals surface area contributed by atoms with Crippen molar-refractivity contribution in [3.63, 3.8) is 0 Å². The van der Waals surface area contributed by atoms with Crippen molar-refractivity contribution in [2.45, 2.75) is 18.3 Å². The summed E-state index contributed by atoms with van der Waals surface area (Å²) in [6.07, 6.45) is 5.11. The van der Waals surface area contributed by atoms with E-state index in [-0.39, 0.29) is 11.3 Å². The Kier molecular flexibility index (Phi) is 3.42. The number of nitrogens with zero attached hydrogens (tertiary/aromatic N) is 3. The van der Waals surface area contributed by atoms with E-state index in [2.05, 4.69) is 11.1 Å². The van der Waals surface area contributed by atoms with Crippen LogP contribution in [0.3, 0.4) is 0 Å². The second-order valence-electron chi connectivity index (χ2n) is 5.90. The van der Waals surface area contributed by atoms with Crippen LogP contribution >= 0.6 is 0 Å². The molecule has 4 nitrogen and oxygen atoms in total. The molecule has 3 rings (SSSR count). The molecule has 0 aliphatic heterocycles. The van der Waals surface area contributed by atoms with Crippen LogP contribution in [0, 0.1) is 11.3 Å². The summed E-state index contributed by atoms with van der Waals surface area (Å²) >= 11 is 0. The van der Waals surface area contributed by atoms with Gasteiger partial charge in [-0.15, -0.1) is 0 Å². The molecule has 0 saturated heterocycles. The zero-order chi connectivity index (χ0) is 15.7. The lowest BCUT2D eigenvalue weighted by Crippen LogP contribution is -2.21. The number of amides is 1. The lowest BCUT2D eigenvalue weighted by atomic mass is 9.89. The van der Waals surface area contributed by atoms with Gasteiger partial charge in [0, 0.05) is 32.1 Å². The highest BCUT2D eigenvalue weighted by Crippen LogP contribution is 2.50. The largest absolute Gasteiger partial charge is 0.345 e. The lowest BCUT2D eigenvalue weighted by Gasteiger charge is -2.15. The predicted octanol–water partition coefficient (Wildman–Crippen LogP) is 3.01. The number of nitriles is 1. The van der Waals surface area contributed by atoms with E-state index in [4.69, 9.17) is 0 Å². The normalized spacial score (nSPS) is 15.0. The quantitative estimate of drug-likeness (QED) is 0.873. The van der Waals surface area contributed by atoms with Gasteiger partial charge in [-0.3, -0.25) is 9.78 Å². The summed E-state index contributed by atoms with van der Waals surface area (Å²) in [7, 11) is 3.44. The Balaban J connectivity index is 2.08. The van der Waals surface area contributed by atoms with Crippen molar-refractivity contribution < 1.29 is 4.79 Å². The molecule has 1 heterocycles. The molecule has 0 N–H and O–H groups in total. The molecule has 0 atom stereocenters. The number of hydrogen-bond donors (Lipinski definition) is 0. The molecule has 0 unspecified atom stereocenters. The van der Waals surface area contributed by atoms with Gasteiger partial charge in [-0.2, -0.15) is 5.26 Å². The van der Waals surface area contributed by atoms with Crippen LogP contribution in [0.25, 0.3) is 11.1 Å². The van der Waals surface area contributed by atoms with Crippen molar-refractivity contribution in [1.29, 1.82) is 5.26 Å². The third-order valence-corrected chi connectivity index (χ3v) is 4.11. The molecule has 22 heavy (non-hydrogen) atoms. The lowest BCUT2D eigenvalue weighted by molar-refractivity contribution is 0.0827. The molecule has 0 radical (unpaired) electrons. The van der Waals surface area contributed by atoms with Crippen molar-refractivity contribution in [1.82, 2.24) is 9.88 Å². The molecule has 0 spiro atoms. The van der Waals surface area contributed by atoms with Gasteiger partial charge in [0.1, 0.15) is 0 Å². The SMILES string of the molecule is CN(C)C(=O)c1cncc(-c2ccccc2C2(C#N)CC2)c1. The van der Waals surface area contributed by atoms with Crippen LogP contribution in [0.4, 0.5) is 0 Å². The van der Waals surface area contributed by atoms with Crippen LogP contribution in [-0.4, -0.2) is 29.9 Å². The summed E-state index contributed by atoms with van der Waals surface area (Å²) in [6.45, 7) is 0. The molecule has 4 heteroatoms. The van der Waals surface area contributed by atoms with E-state index in [1.165, 1.54) is 4.90 Å². The van der Waals surface area contributed by atoms with Crippen molar-refractivity contribution >= 4 is 5.91 Å². The maximum Gasteiger partial charge on any atom is 0.254 e. The molecule has 1 aromatic carbocycles. The van der Waals surface area contributed by atoms with Gasteiger partial charge in [0.15, 0.2) is 0 Å². The van der Waals surface area contributed by atoms with E-state index in [0.29, 0.717) is 5.56 Å². The third kappa shape index (κ3) is 2.35. The average molecular weight is 291 g/mol. The Hall–Kier alpha value is -2.67. The summed E-state index contributed by atoms with van der Waals surface area (Å²) < 4.78 is 0. The minimum atomic E-state index is -0.363. The molecule has 1 aromatic heterocycles. The maximum atomic E-state index is 12.1. The topological polar surface area (TPSA) is 57.0 Å². The Morgan fingerprint density at radius 2 is 2.00 bits per heavy atom. The maximum absolute atomic E-state index is 12.1. The highest BCUT2D eigenvalue weighted by atomic mass is 16.2. The van der Waals surface area contributed by atoms with Crippen LogP contribution in [0.2, 0.25) is 0 Å². The van der Waals surface area contributed by atoms with Crippen molar-refractivity contribution in [3.8, 4) is 17.2 Å². The van der Waals surface area contributed by atoms with E-state index in [0.717, 1.165) is 29.5 Å². The molecule has 1 aliphatic carbocycles. The fourth-order valence-corrected chi connectivity index (χ4v) is 2.68. The Labute approximate surface area is 130 Å². The standard InChI is InChI=1S/C18H17N3O/c1-21(2)17(22)14-9-13(10-20-11-14)15-5-3-4-6-16(15)18(12-19)7-8-18/h3-6,9-11H,7-8H2,1-2H3. The smallest absolute Gasteiger partial charge is 0.254 e. The van der Waals surface area contributed by atoms with Crippen LogP contribution < -0.4 is 0 Å². The molecule has 1 amide bonds. The number of aromatic nitrogens is 1. The van der Waals surface area contributed by atoms with Gasteiger partial charge in [0.2, 0.25) is 0 Å². The second-order valence-corrected chi connectivity index (χ2v) is 5.90. The molecule has 2 aromatic rings. The van der Waals surface area contributed by atoms with Gasteiger partial charge >= 0.3 is 0 Å². The zero-order valence-electron chi connectivity index (χ0n) is 12.7. The van der Waals surface area contributed by atoms with E-state index in [1.807, 2.05) is 30.3 Å². The van der Waals surface area contributed by atoms with Gasteiger partial charge in [0.05, 0.1) is 17.0 Å². The molecule has 1 aliphatic rings. The van der Waals surface area contributed by atoms with Gasteiger partial charge in [0.25, 0.3) is 5.91 Å². The minimum absolute atomic E-state index is 0.0757. The van der Waals surface area contributed by atoms with Crippen molar-refractivity contribution in [3.05, 3.63) is 53.9 Å². The zero-order valence-corrected chi connectivity index (χ0v) is 12.7. The summed E-state index contributed by atoms with van der Waals surface area (Å²) in [5, 5.41) is 9.47. The van der Waals surface area contributed by atoms with Crippen LogP contribution in [0.5, 0.6) is 0 Å². The highest BCUT2D eigenvalue weighted by Gasteiger charge is 2.46. The predicted molar refractivity (Wildman–Crippen MR) is 84.2 cm³/mol. The minimum Gasteiger partial charge on any atom is -0.345 e. The van der Waals surface area contributed by atoms with Crippen molar-refractivity contribution in [2.24, 2.45) is 0 Å². The van der Waals surface area contributed by atoms with Gasteiger partial charge in [-0.1, -0.05) is 24.3 Å². The summed E-state index contributed by atoms with van der Waals surface area (Å²) in [5.41, 5.74) is 3.10. The first-order valence-corrected chi connectivity index (χ1v) is 7.25. The highest BCUT2D eigenvalue weighted by molar-refractivity contribution is 5.94. The Bertz CT molecular complexity index is 770. The van der Waals surface area contributed by atoms with E-state index in [1.54, 1.807) is 26.5 Å². The van der Waals surface area contributed by atoms with E-state index in [9.17, 15) is 10.1 Å². The Morgan fingerprint density at radius 1 is 1.27 bits per heavy atom. The van der Waals surface area contributed by atoms with E-state index >= 15 is 0 Å². The number of carbonyl (C=O) groups is 1. The first-order chi connectivity index (χ1) is 10.6. The first-order valence-electron chi connectivity index (χ1n) is 7.25. The van der Waals surface area contributed by atoms with Gasteiger partial charge in [-0.25, -0.2) is 0 Å². The molecule has 110 valence electrons. The third-order valence-electron chi connectivity index (χ3n) is 4.11. The average Bonchev–Trinajstić information content (AvgIpc) is 3.35. The molecular formula is C18H17N3O. The number of benzene rings is 1. The molecular weight excluding hydrogens is 274 g/mol. The summed E-state index contributed by atoms with van der Waals surface area (Å²) in [4.78, 5) is 17.8. The van der Waals surface area contributed by atoms with Crippen molar-refractivity contribution in [2.75, 3.05) is 14.1 Å². The monoisotopic (exact) mass is 291 g/mol. The van der Waals surface area contributed by atoms with Crippen LogP contribution in [0.1, 0.15) is 28.8 Å². The number of pyridine rings is 1. The van der Waals surface area contributed by atoms with Crippen LogP contribution in [-0.2, 0) is 5.41 Å². The van der Waals surface area contributed by atoms with Gasteiger partial charge in [-0.05, 0) is 30.0 Å². The number of carbonyl (C=O) groups excluding carboxylic acids is 1. The fourth-order valence-electron chi connectivity index (χ4n) is 2.68. The fraction of sp³-hybridized carbons (Fsp3) is 0.278. The Morgan fingerprint density at radius 3 is 2.64 bits per heavy atom. The number of rotatable bonds is 3. The molecule has 1 saturated carbocycles. The van der Waals surface area contributed by atoms with E-state index < -0.39 is 0 Å². The number of hydrogen-bond acceptors (Lipinski definition) is 3. The second kappa shape index (κ2) is 5.27. The summed E-state index contributed by atoms with van der Waals surface area (Å²) in [6, 6.07) is 12.2. The summed E-state index contributed by atoms with van der Waals surface area (Å²) in [5.74, 6) is -0.0757. The molecule has 1 fully saturated rings. The first kappa shape index (κ1) is 14.3.